The van der Waals surface area contributed by atoms with Gasteiger partial charge >= 0.3 is 0 Å². The lowest BCUT2D eigenvalue weighted by molar-refractivity contribution is -0.958. The smallest absolute Gasteiger partial charge is 0.132 e. The monoisotopic (exact) mass is 400 g/mol. The van der Waals surface area contributed by atoms with Crippen LogP contribution in [0.1, 0.15) is 49.3 Å². The van der Waals surface area contributed by atoms with Gasteiger partial charge in [0, 0.05) is 24.0 Å². The van der Waals surface area contributed by atoms with Gasteiger partial charge in [0.05, 0.1) is 31.9 Å². The number of quaternary nitrogens is 1. The SMILES string of the molecule is COc1ccc([C@H]2[C@@H]3CCCC[C@]3(O)CC[NH+]2Cc2ccccc2F)c(OC)c1. The Bertz CT molecular complexity index is 858. The molecule has 4 atom stereocenters. The minimum Gasteiger partial charge on any atom is -0.497 e. The van der Waals surface area contributed by atoms with Crippen molar-refractivity contribution in [2.24, 2.45) is 5.92 Å². The summed E-state index contributed by atoms with van der Waals surface area (Å²) in [5.74, 6) is 1.49. The zero-order chi connectivity index (χ0) is 20.4. The Hall–Kier alpha value is -2.11. The van der Waals surface area contributed by atoms with E-state index in [4.69, 9.17) is 9.47 Å². The summed E-state index contributed by atoms with van der Waals surface area (Å²) in [4.78, 5) is 1.29. The molecule has 0 bridgehead atoms. The largest absolute Gasteiger partial charge is 0.497 e. The van der Waals surface area contributed by atoms with Gasteiger partial charge in [0.25, 0.3) is 0 Å². The van der Waals surface area contributed by atoms with Gasteiger partial charge in [-0.3, -0.25) is 0 Å². The number of piperidine rings is 1. The molecule has 2 fully saturated rings. The van der Waals surface area contributed by atoms with E-state index in [1.54, 1.807) is 20.3 Å². The van der Waals surface area contributed by atoms with E-state index < -0.39 is 5.60 Å². The van der Waals surface area contributed by atoms with E-state index in [0.717, 1.165) is 61.3 Å². The number of halogens is 1. The summed E-state index contributed by atoms with van der Waals surface area (Å²) in [6, 6.07) is 13.0. The van der Waals surface area contributed by atoms with Gasteiger partial charge < -0.3 is 19.5 Å². The van der Waals surface area contributed by atoms with E-state index in [1.165, 1.54) is 11.0 Å². The molecule has 1 aliphatic carbocycles. The summed E-state index contributed by atoms with van der Waals surface area (Å²) in [5.41, 5.74) is 1.15. The first-order valence-corrected chi connectivity index (χ1v) is 10.6. The molecule has 4 rings (SSSR count). The van der Waals surface area contributed by atoms with Crippen molar-refractivity contribution in [1.29, 1.82) is 0 Å². The molecule has 156 valence electrons. The average Bonchev–Trinajstić information content (AvgIpc) is 2.75. The van der Waals surface area contributed by atoms with Gasteiger partial charge in [-0.05, 0) is 31.0 Å². The second-order valence-corrected chi connectivity index (χ2v) is 8.47. The lowest BCUT2D eigenvalue weighted by Gasteiger charge is -2.50. The minimum atomic E-state index is -0.646. The van der Waals surface area contributed by atoms with Crippen LogP contribution in [-0.2, 0) is 6.54 Å². The number of benzene rings is 2. The summed E-state index contributed by atoms with van der Waals surface area (Å²) < 4.78 is 25.5. The molecular formula is C24H31FNO3+. The number of hydrogen-bond donors (Lipinski definition) is 2. The predicted octanol–water partition coefficient (Wildman–Crippen LogP) is 3.29. The highest BCUT2D eigenvalue weighted by molar-refractivity contribution is 5.42. The highest BCUT2D eigenvalue weighted by Crippen LogP contribution is 2.46. The molecular weight excluding hydrogens is 369 g/mol. The first-order chi connectivity index (χ1) is 14.1. The van der Waals surface area contributed by atoms with Gasteiger partial charge in [-0.25, -0.2) is 4.39 Å². The van der Waals surface area contributed by atoms with Crippen molar-refractivity contribution in [3.63, 3.8) is 0 Å². The van der Waals surface area contributed by atoms with Crippen LogP contribution in [0.25, 0.3) is 0 Å². The quantitative estimate of drug-likeness (QED) is 0.809. The molecule has 1 aliphatic heterocycles. The fourth-order valence-electron chi connectivity index (χ4n) is 5.45. The van der Waals surface area contributed by atoms with E-state index in [-0.39, 0.29) is 17.8 Å². The fourth-order valence-corrected chi connectivity index (χ4v) is 5.45. The molecule has 2 N–H and O–H groups in total. The number of aliphatic hydroxyl groups is 1. The molecule has 0 spiro atoms. The molecule has 4 nitrogen and oxygen atoms in total. The van der Waals surface area contributed by atoms with Gasteiger partial charge in [0.2, 0.25) is 0 Å². The molecule has 0 amide bonds. The molecule has 1 heterocycles. The van der Waals surface area contributed by atoms with Crippen molar-refractivity contribution in [1.82, 2.24) is 0 Å². The zero-order valence-corrected chi connectivity index (χ0v) is 17.3. The van der Waals surface area contributed by atoms with Crippen molar-refractivity contribution >= 4 is 0 Å². The Kier molecular flexibility index (Phi) is 5.79. The second kappa shape index (κ2) is 8.33. The third-order valence-corrected chi connectivity index (χ3v) is 6.94. The van der Waals surface area contributed by atoms with Crippen molar-refractivity contribution in [3.8, 4) is 11.5 Å². The fraction of sp³-hybridized carbons (Fsp3) is 0.500. The first kappa shape index (κ1) is 20.2. The molecule has 2 aliphatic rings. The Morgan fingerprint density at radius 3 is 2.69 bits per heavy atom. The van der Waals surface area contributed by atoms with Crippen molar-refractivity contribution in [3.05, 3.63) is 59.4 Å². The van der Waals surface area contributed by atoms with Crippen LogP contribution >= 0.6 is 0 Å². The van der Waals surface area contributed by atoms with E-state index in [0.29, 0.717) is 6.54 Å². The van der Waals surface area contributed by atoms with Crippen LogP contribution < -0.4 is 14.4 Å². The number of fused-ring (bicyclic) bond motifs is 1. The molecule has 0 radical (unpaired) electrons. The summed E-state index contributed by atoms with van der Waals surface area (Å²) >= 11 is 0. The Balaban J connectivity index is 1.76. The van der Waals surface area contributed by atoms with Crippen LogP contribution in [0.3, 0.4) is 0 Å². The van der Waals surface area contributed by atoms with Gasteiger partial charge in [0.15, 0.2) is 0 Å². The third kappa shape index (κ3) is 3.86. The maximum absolute atomic E-state index is 14.4. The molecule has 1 saturated heterocycles. The van der Waals surface area contributed by atoms with Crippen LogP contribution in [0.15, 0.2) is 42.5 Å². The Morgan fingerprint density at radius 1 is 1.10 bits per heavy atom. The van der Waals surface area contributed by atoms with Crippen molar-refractivity contribution in [2.45, 2.75) is 50.3 Å². The van der Waals surface area contributed by atoms with Crippen LogP contribution in [0.5, 0.6) is 11.5 Å². The van der Waals surface area contributed by atoms with Gasteiger partial charge in [-0.15, -0.1) is 0 Å². The van der Waals surface area contributed by atoms with E-state index >= 15 is 0 Å². The first-order valence-electron chi connectivity index (χ1n) is 10.6. The van der Waals surface area contributed by atoms with Crippen molar-refractivity contribution < 1.29 is 23.9 Å². The molecule has 2 aromatic rings. The molecule has 29 heavy (non-hydrogen) atoms. The highest BCUT2D eigenvalue weighted by atomic mass is 19.1. The molecule has 5 heteroatoms. The van der Waals surface area contributed by atoms with Crippen LogP contribution in [0.2, 0.25) is 0 Å². The number of hydrogen-bond acceptors (Lipinski definition) is 3. The van der Waals surface area contributed by atoms with Crippen molar-refractivity contribution in [2.75, 3.05) is 20.8 Å². The maximum atomic E-state index is 14.4. The molecule has 1 unspecified atom stereocenters. The lowest BCUT2D eigenvalue weighted by Crippen LogP contribution is -3.13. The number of methoxy groups -OCH3 is 2. The summed E-state index contributed by atoms with van der Waals surface area (Å²) in [6.07, 6.45) is 4.78. The van der Waals surface area contributed by atoms with Crippen LogP contribution in [-0.4, -0.2) is 31.5 Å². The minimum absolute atomic E-state index is 0.0505. The van der Waals surface area contributed by atoms with Gasteiger partial charge in [-0.1, -0.05) is 31.0 Å². The average molecular weight is 401 g/mol. The summed E-state index contributed by atoms with van der Waals surface area (Å²) in [6.45, 7) is 1.40. The Labute approximate surface area is 172 Å². The summed E-state index contributed by atoms with van der Waals surface area (Å²) in [5, 5.41) is 11.5. The molecule has 0 aromatic heterocycles. The van der Waals surface area contributed by atoms with E-state index in [2.05, 4.69) is 6.07 Å². The van der Waals surface area contributed by atoms with E-state index in [1.807, 2.05) is 24.3 Å². The molecule has 1 saturated carbocycles. The van der Waals surface area contributed by atoms with Crippen LogP contribution in [0.4, 0.5) is 4.39 Å². The summed E-state index contributed by atoms with van der Waals surface area (Å²) in [7, 11) is 3.31. The van der Waals surface area contributed by atoms with Gasteiger partial charge in [-0.2, -0.15) is 0 Å². The number of likely N-dealkylation sites (tertiary alicyclic amines) is 1. The van der Waals surface area contributed by atoms with E-state index in [9.17, 15) is 9.50 Å². The third-order valence-electron chi connectivity index (χ3n) is 6.94. The van der Waals surface area contributed by atoms with Gasteiger partial charge in [0.1, 0.15) is 29.9 Å². The lowest BCUT2D eigenvalue weighted by atomic mass is 9.66. The number of ether oxygens (including phenoxy) is 2. The predicted molar refractivity (Wildman–Crippen MR) is 110 cm³/mol. The standard InChI is InChI=1S/C24H30FNO3/c1-28-18-10-11-19(22(15-18)29-2)23-20-8-5-6-12-24(20,27)13-14-26(23)16-17-7-3-4-9-21(17)25/h3-4,7,9-11,15,20,23,27H,5-6,8,12-14,16H2,1-2H3/p+1/t20-,23-,24-/m0/s1. The molecule has 2 aromatic carbocycles. The number of nitrogens with one attached hydrogen (secondary N) is 1. The van der Waals surface area contributed by atoms with Crippen LogP contribution in [0, 0.1) is 11.7 Å². The normalized spacial score (nSPS) is 29.2. The maximum Gasteiger partial charge on any atom is 0.132 e. The second-order valence-electron chi connectivity index (χ2n) is 8.47. The highest BCUT2D eigenvalue weighted by Gasteiger charge is 2.52. The zero-order valence-electron chi connectivity index (χ0n) is 17.3. The topological polar surface area (TPSA) is 43.1 Å². The Morgan fingerprint density at radius 2 is 1.93 bits per heavy atom. The number of rotatable bonds is 5.